The minimum Gasteiger partial charge on any atom is -0.495 e. The highest BCUT2D eigenvalue weighted by molar-refractivity contribution is 7.89. The van der Waals surface area contributed by atoms with Crippen molar-refractivity contribution in [1.29, 1.82) is 0 Å². The molecule has 2 aromatic carbocycles. The molecule has 4 rings (SSSR count). The van der Waals surface area contributed by atoms with Gasteiger partial charge in [0.2, 0.25) is 21.8 Å². The van der Waals surface area contributed by atoms with Crippen LogP contribution in [0.5, 0.6) is 5.75 Å². The monoisotopic (exact) mass is 513 g/mol. The summed E-state index contributed by atoms with van der Waals surface area (Å²) in [4.78, 5) is 29.5. The Balaban J connectivity index is 1.83. The summed E-state index contributed by atoms with van der Waals surface area (Å²) in [6.07, 6.45) is 2.84. The summed E-state index contributed by atoms with van der Waals surface area (Å²) in [6.45, 7) is 8.21. The van der Waals surface area contributed by atoms with Crippen molar-refractivity contribution >= 4 is 33.2 Å². The molecule has 1 atom stereocenters. The van der Waals surface area contributed by atoms with Gasteiger partial charge in [0, 0.05) is 32.5 Å². The minimum absolute atomic E-state index is 0.0180. The van der Waals surface area contributed by atoms with Gasteiger partial charge in [-0.25, -0.2) is 8.42 Å². The Hall–Kier alpha value is -2.91. The standard InChI is InChI=1S/C27H35N3O5S/c1-6-28(7-2)36(33,34)26-16-22(12-14-25(26)35-5)21-11-13-23-24(15-21)29(27(32)20-9-8-10-20)17-18(3)30(23)19(4)31/h11-16,18,20H,6-10,17H2,1-5H3. The van der Waals surface area contributed by atoms with Crippen LogP contribution in [-0.2, 0) is 19.6 Å². The Bertz CT molecular complexity index is 1270. The van der Waals surface area contributed by atoms with Crippen molar-refractivity contribution in [2.45, 2.75) is 57.9 Å². The highest BCUT2D eigenvalue weighted by Gasteiger charge is 2.38. The number of carbonyl (C=O) groups is 2. The first-order valence-corrected chi connectivity index (χ1v) is 14.0. The summed E-state index contributed by atoms with van der Waals surface area (Å²) in [5.41, 5.74) is 2.83. The summed E-state index contributed by atoms with van der Waals surface area (Å²) < 4.78 is 33.5. The van der Waals surface area contributed by atoms with Gasteiger partial charge in [0.25, 0.3) is 0 Å². The molecule has 0 N–H and O–H groups in total. The zero-order valence-electron chi connectivity index (χ0n) is 21.7. The summed E-state index contributed by atoms with van der Waals surface area (Å²) in [5, 5.41) is 0. The Kier molecular flexibility index (Phi) is 7.43. The van der Waals surface area contributed by atoms with Crippen molar-refractivity contribution in [3.05, 3.63) is 36.4 Å². The molecular formula is C27H35N3O5S. The van der Waals surface area contributed by atoms with Gasteiger partial charge in [-0.15, -0.1) is 0 Å². The van der Waals surface area contributed by atoms with Crippen LogP contribution >= 0.6 is 0 Å². The lowest BCUT2D eigenvalue weighted by molar-refractivity contribution is -0.125. The first kappa shape index (κ1) is 26.2. The van der Waals surface area contributed by atoms with E-state index >= 15 is 0 Å². The number of benzene rings is 2. The molecule has 1 heterocycles. The van der Waals surface area contributed by atoms with Gasteiger partial charge in [0.15, 0.2) is 0 Å². The van der Waals surface area contributed by atoms with Crippen molar-refractivity contribution in [2.24, 2.45) is 5.92 Å². The first-order valence-electron chi connectivity index (χ1n) is 12.6. The maximum atomic E-state index is 13.3. The summed E-state index contributed by atoms with van der Waals surface area (Å²) in [5.74, 6) is 0.310. The van der Waals surface area contributed by atoms with Crippen LogP contribution in [-0.4, -0.2) is 57.3 Å². The zero-order chi connectivity index (χ0) is 26.2. The average molecular weight is 514 g/mol. The fraction of sp³-hybridized carbons (Fsp3) is 0.481. The fourth-order valence-electron chi connectivity index (χ4n) is 5.13. The van der Waals surface area contributed by atoms with E-state index in [2.05, 4.69) is 0 Å². The van der Waals surface area contributed by atoms with E-state index in [0.29, 0.717) is 36.6 Å². The van der Waals surface area contributed by atoms with Gasteiger partial charge >= 0.3 is 0 Å². The van der Waals surface area contributed by atoms with E-state index < -0.39 is 10.0 Å². The molecule has 2 aromatic rings. The molecule has 9 heteroatoms. The molecule has 0 saturated heterocycles. The number of anilines is 2. The van der Waals surface area contributed by atoms with Gasteiger partial charge in [-0.1, -0.05) is 32.4 Å². The third-order valence-corrected chi connectivity index (χ3v) is 9.36. The van der Waals surface area contributed by atoms with E-state index in [1.807, 2.05) is 36.1 Å². The number of methoxy groups -OCH3 is 1. The fourth-order valence-corrected chi connectivity index (χ4v) is 6.77. The van der Waals surface area contributed by atoms with Gasteiger partial charge < -0.3 is 14.5 Å². The molecule has 1 saturated carbocycles. The van der Waals surface area contributed by atoms with Crippen LogP contribution in [0.3, 0.4) is 0 Å². The number of hydrogen-bond acceptors (Lipinski definition) is 5. The normalized spacial score (nSPS) is 18.1. The number of sulfonamides is 1. The molecule has 0 bridgehead atoms. The lowest BCUT2D eigenvalue weighted by atomic mass is 9.84. The molecule has 1 fully saturated rings. The molecular weight excluding hydrogens is 478 g/mol. The largest absolute Gasteiger partial charge is 0.495 e. The van der Waals surface area contributed by atoms with Crippen molar-refractivity contribution in [3.63, 3.8) is 0 Å². The molecule has 0 aromatic heterocycles. The molecule has 2 aliphatic rings. The van der Waals surface area contributed by atoms with Crippen LogP contribution in [0.25, 0.3) is 11.1 Å². The van der Waals surface area contributed by atoms with Crippen LogP contribution in [0, 0.1) is 5.92 Å². The van der Waals surface area contributed by atoms with Crippen LogP contribution in [0.1, 0.15) is 47.0 Å². The number of fused-ring (bicyclic) bond motifs is 1. The Labute approximate surface area is 213 Å². The van der Waals surface area contributed by atoms with Gasteiger partial charge in [0.1, 0.15) is 10.6 Å². The van der Waals surface area contributed by atoms with E-state index in [0.717, 1.165) is 24.8 Å². The second-order valence-electron chi connectivity index (χ2n) is 9.47. The van der Waals surface area contributed by atoms with Gasteiger partial charge in [0.05, 0.1) is 24.5 Å². The molecule has 194 valence electrons. The summed E-state index contributed by atoms with van der Waals surface area (Å²) >= 11 is 0. The molecule has 0 radical (unpaired) electrons. The van der Waals surface area contributed by atoms with E-state index in [4.69, 9.17) is 4.74 Å². The Morgan fingerprint density at radius 2 is 1.67 bits per heavy atom. The number of carbonyl (C=O) groups excluding carboxylic acids is 2. The van der Waals surface area contributed by atoms with Gasteiger partial charge in [-0.2, -0.15) is 4.31 Å². The van der Waals surface area contributed by atoms with Crippen LogP contribution in [0.15, 0.2) is 41.3 Å². The third kappa shape index (κ3) is 4.50. The topological polar surface area (TPSA) is 87.2 Å². The maximum absolute atomic E-state index is 13.3. The average Bonchev–Trinajstić information content (AvgIpc) is 2.82. The van der Waals surface area contributed by atoms with Crippen molar-refractivity contribution < 1.29 is 22.7 Å². The first-order chi connectivity index (χ1) is 17.1. The smallest absolute Gasteiger partial charge is 0.246 e. The van der Waals surface area contributed by atoms with Crippen LogP contribution < -0.4 is 14.5 Å². The Morgan fingerprint density at radius 1 is 1.03 bits per heavy atom. The molecule has 1 aliphatic carbocycles. The molecule has 8 nitrogen and oxygen atoms in total. The third-order valence-electron chi connectivity index (χ3n) is 7.29. The van der Waals surface area contributed by atoms with Gasteiger partial charge in [-0.3, -0.25) is 9.59 Å². The maximum Gasteiger partial charge on any atom is 0.246 e. The molecule has 0 spiro atoms. The van der Waals surface area contributed by atoms with E-state index in [1.54, 1.807) is 30.9 Å². The van der Waals surface area contributed by atoms with Crippen LogP contribution in [0.4, 0.5) is 11.4 Å². The molecule has 2 amide bonds. The highest BCUT2D eigenvalue weighted by atomic mass is 32.2. The van der Waals surface area contributed by atoms with Crippen molar-refractivity contribution in [3.8, 4) is 16.9 Å². The highest BCUT2D eigenvalue weighted by Crippen LogP contribution is 2.42. The number of rotatable bonds is 7. The minimum atomic E-state index is -3.76. The number of amides is 2. The molecule has 1 unspecified atom stereocenters. The molecule has 36 heavy (non-hydrogen) atoms. The van der Waals surface area contributed by atoms with Crippen LogP contribution in [0.2, 0.25) is 0 Å². The number of hydrogen-bond donors (Lipinski definition) is 0. The molecule has 1 aliphatic heterocycles. The SMILES string of the molecule is CCN(CC)S(=O)(=O)c1cc(-c2ccc3c(c2)N(C(=O)C2CCC2)CC(C)N3C(C)=O)ccc1OC. The number of nitrogens with zero attached hydrogens (tertiary/aromatic N) is 3. The second-order valence-corrected chi connectivity index (χ2v) is 11.4. The van der Waals surface area contributed by atoms with Gasteiger partial charge in [-0.05, 0) is 55.2 Å². The second kappa shape index (κ2) is 10.2. The summed E-state index contributed by atoms with van der Waals surface area (Å²) in [7, 11) is -2.30. The predicted molar refractivity (Wildman–Crippen MR) is 141 cm³/mol. The van der Waals surface area contributed by atoms with Crippen molar-refractivity contribution in [2.75, 3.05) is 36.5 Å². The quantitative estimate of drug-likeness (QED) is 0.552. The lowest BCUT2D eigenvalue weighted by Gasteiger charge is -2.43. The van der Waals surface area contributed by atoms with E-state index in [-0.39, 0.29) is 34.4 Å². The zero-order valence-corrected chi connectivity index (χ0v) is 22.5. The van der Waals surface area contributed by atoms with Crippen molar-refractivity contribution in [1.82, 2.24) is 4.31 Å². The predicted octanol–water partition coefficient (Wildman–Crippen LogP) is 4.28. The Morgan fingerprint density at radius 3 is 2.22 bits per heavy atom. The number of ether oxygens (including phenoxy) is 1. The van der Waals surface area contributed by atoms with E-state index in [9.17, 15) is 18.0 Å². The van der Waals surface area contributed by atoms with E-state index in [1.165, 1.54) is 18.3 Å². The lowest BCUT2D eigenvalue weighted by Crippen LogP contribution is -2.53. The summed E-state index contributed by atoms with van der Waals surface area (Å²) in [6, 6.07) is 10.6.